The smallest absolute Gasteiger partial charge is 0.462 e. The predicted molar refractivity (Wildman–Crippen MR) is 190 cm³/mol. The van der Waals surface area contributed by atoms with Crippen molar-refractivity contribution >= 4 is 19.8 Å². The Morgan fingerprint density at radius 3 is 1.77 bits per heavy atom. The number of hydrogen-bond acceptors (Lipinski definition) is 7. The van der Waals surface area contributed by atoms with Gasteiger partial charge in [-0.05, 0) is 77.0 Å². The Morgan fingerprint density at radius 1 is 0.638 bits per heavy atom. The minimum Gasteiger partial charge on any atom is -0.462 e. The number of hydrogen-bond donors (Lipinski definition) is 3. The molecule has 0 heterocycles. The van der Waals surface area contributed by atoms with Gasteiger partial charge in [-0.15, -0.1) is 0 Å². The van der Waals surface area contributed by atoms with Gasteiger partial charge in [-0.3, -0.25) is 14.1 Å². The van der Waals surface area contributed by atoms with E-state index in [2.05, 4.69) is 60.1 Å². The largest absolute Gasteiger partial charge is 0.469 e. The van der Waals surface area contributed by atoms with E-state index in [4.69, 9.17) is 19.3 Å². The number of phosphoric acid groups is 1. The van der Waals surface area contributed by atoms with Crippen molar-refractivity contribution in [3.8, 4) is 0 Å². The number of rotatable bonds is 31. The van der Waals surface area contributed by atoms with Crippen molar-refractivity contribution in [3.63, 3.8) is 0 Å². The SMILES string of the molecule is CCCC/C=C\CCCCCCCC(=O)O[C@H](COC(=O)CCC/C=C\C/C=C\C/C=C\C/C=C\CC[C@@H](O)CC)COP(=O)(O)O. The van der Waals surface area contributed by atoms with Crippen LogP contribution < -0.4 is 0 Å². The van der Waals surface area contributed by atoms with Gasteiger partial charge in [0.25, 0.3) is 0 Å². The van der Waals surface area contributed by atoms with Crippen LogP contribution in [0.2, 0.25) is 0 Å². The summed E-state index contributed by atoms with van der Waals surface area (Å²) in [7, 11) is -4.77. The number of carbonyl (C=O) groups is 2. The molecule has 0 saturated heterocycles. The summed E-state index contributed by atoms with van der Waals surface area (Å²) in [6, 6.07) is 0. The van der Waals surface area contributed by atoms with Crippen molar-refractivity contribution in [2.75, 3.05) is 13.2 Å². The third kappa shape index (κ3) is 34.9. The highest BCUT2D eigenvalue weighted by molar-refractivity contribution is 7.46. The molecule has 9 nitrogen and oxygen atoms in total. The average Bonchev–Trinajstić information content (AvgIpc) is 3.04. The molecule has 0 amide bonds. The lowest BCUT2D eigenvalue weighted by molar-refractivity contribution is -0.161. The maximum Gasteiger partial charge on any atom is 0.469 e. The van der Waals surface area contributed by atoms with Crippen LogP contribution >= 0.6 is 7.82 Å². The monoisotopic (exact) mass is 682 g/mol. The van der Waals surface area contributed by atoms with E-state index in [0.29, 0.717) is 19.3 Å². The molecule has 0 rings (SSSR count). The van der Waals surface area contributed by atoms with Crippen molar-refractivity contribution < 1.29 is 43.0 Å². The summed E-state index contributed by atoms with van der Waals surface area (Å²) < 4.78 is 26.1. The highest BCUT2D eigenvalue weighted by atomic mass is 31.2. The molecule has 0 aromatic rings. The van der Waals surface area contributed by atoms with Crippen LogP contribution in [0.3, 0.4) is 0 Å². The Balaban J connectivity index is 4.13. The Hall–Kier alpha value is -2.29. The van der Waals surface area contributed by atoms with Gasteiger partial charge in [0.15, 0.2) is 6.10 Å². The molecule has 0 spiro atoms. The number of phosphoric ester groups is 1. The quantitative estimate of drug-likeness (QED) is 0.0283. The molecule has 0 aliphatic rings. The highest BCUT2D eigenvalue weighted by Crippen LogP contribution is 2.35. The van der Waals surface area contributed by atoms with Gasteiger partial charge in [-0.2, -0.15) is 0 Å². The van der Waals surface area contributed by atoms with Crippen molar-refractivity contribution in [2.24, 2.45) is 0 Å². The first kappa shape index (κ1) is 44.7. The van der Waals surface area contributed by atoms with Gasteiger partial charge in [0.2, 0.25) is 0 Å². The zero-order chi connectivity index (χ0) is 34.9. The van der Waals surface area contributed by atoms with Crippen LogP contribution in [0.1, 0.15) is 136 Å². The van der Waals surface area contributed by atoms with E-state index in [-0.39, 0.29) is 25.6 Å². The third-order valence-electron chi connectivity index (χ3n) is 7.17. The summed E-state index contributed by atoms with van der Waals surface area (Å²) in [5.41, 5.74) is 0. The second-order valence-electron chi connectivity index (χ2n) is 11.6. The second-order valence-corrected chi connectivity index (χ2v) is 12.9. The molecule has 0 aliphatic carbocycles. The minimum atomic E-state index is -4.77. The number of carbonyl (C=O) groups excluding carboxylic acids is 2. The van der Waals surface area contributed by atoms with Gasteiger partial charge < -0.3 is 24.4 Å². The number of unbranched alkanes of at least 4 members (excludes halogenated alkanes) is 8. The number of ether oxygens (including phenoxy) is 2. The van der Waals surface area contributed by atoms with Crippen LogP contribution in [0.25, 0.3) is 0 Å². The number of allylic oxidation sites excluding steroid dienone is 10. The standard InChI is InChI=1S/C37H63O9P/c1-3-5-6-7-8-9-14-19-22-25-28-31-37(40)46-35(33-45-47(41,42)43)32-44-36(39)30-27-24-21-18-16-13-11-10-12-15-17-20-23-26-29-34(38)4-2/h7-8,11-13,15,18,20-21,23,34-35,38H,3-6,9-10,14,16-17,19,22,24-33H2,1-2H3,(H2,41,42,43)/b8-7-,13-11-,15-12-,21-18-,23-20-/t34-,35+/m0/s1. The summed E-state index contributed by atoms with van der Waals surface area (Å²) in [5.74, 6) is -0.988. The maximum atomic E-state index is 12.3. The van der Waals surface area contributed by atoms with Gasteiger partial charge in [-0.1, -0.05) is 107 Å². The van der Waals surface area contributed by atoms with Gasteiger partial charge in [0.05, 0.1) is 12.7 Å². The fraction of sp³-hybridized carbons (Fsp3) is 0.676. The fourth-order valence-corrected chi connectivity index (χ4v) is 4.68. The molecule has 10 heteroatoms. The van der Waals surface area contributed by atoms with Crippen molar-refractivity contribution in [2.45, 2.75) is 148 Å². The Morgan fingerprint density at radius 2 is 1.15 bits per heavy atom. The van der Waals surface area contributed by atoms with Gasteiger partial charge in [-0.25, -0.2) is 4.57 Å². The lowest BCUT2D eigenvalue weighted by Gasteiger charge is -2.18. The molecular weight excluding hydrogens is 619 g/mol. The topological polar surface area (TPSA) is 140 Å². The number of esters is 2. The molecule has 0 aromatic heterocycles. The summed E-state index contributed by atoms with van der Waals surface area (Å²) in [5, 5.41) is 9.52. The molecule has 270 valence electrons. The summed E-state index contributed by atoms with van der Waals surface area (Å²) in [6.07, 6.45) is 36.1. The molecule has 0 aliphatic heterocycles. The average molecular weight is 683 g/mol. The van der Waals surface area contributed by atoms with Gasteiger partial charge >= 0.3 is 19.8 Å². The lowest BCUT2D eigenvalue weighted by atomic mass is 10.1. The number of aliphatic hydroxyl groups excluding tert-OH is 1. The summed E-state index contributed by atoms with van der Waals surface area (Å²) in [4.78, 5) is 42.5. The van der Waals surface area contributed by atoms with Crippen LogP contribution in [0, 0.1) is 0 Å². The predicted octanol–water partition coefficient (Wildman–Crippen LogP) is 9.14. The first-order chi connectivity index (χ1) is 22.7. The lowest BCUT2D eigenvalue weighted by Crippen LogP contribution is -2.29. The maximum absolute atomic E-state index is 12.3. The van der Waals surface area contributed by atoms with Crippen molar-refractivity contribution in [1.82, 2.24) is 0 Å². The Bertz CT molecular complexity index is 965. The van der Waals surface area contributed by atoms with E-state index >= 15 is 0 Å². The zero-order valence-corrected chi connectivity index (χ0v) is 29.9. The molecule has 47 heavy (non-hydrogen) atoms. The minimum absolute atomic E-state index is 0.174. The molecule has 2 atom stereocenters. The van der Waals surface area contributed by atoms with Crippen LogP contribution in [0.4, 0.5) is 0 Å². The first-order valence-electron chi connectivity index (χ1n) is 17.7. The van der Waals surface area contributed by atoms with Gasteiger partial charge in [0, 0.05) is 12.8 Å². The summed E-state index contributed by atoms with van der Waals surface area (Å²) in [6.45, 7) is 3.28. The van der Waals surface area contributed by atoms with E-state index in [1.54, 1.807) is 0 Å². The third-order valence-corrected chi connectivity index (χ3v) is 7.66. The van der Waals surface area contributed by atoms with E-state index in [0.717, 1.165) is 77.0 Å². The highest BCUT2D eigenvalue weighted by Gasteiger charge is 2.22. The molecule has 0 unspecified atom stereocenters. The first-order valence-corrected chi connectivity index (χ1v) is 19.2. The van der Waals surface area contributed by atoms with Crippen LogP contribution in [0.5, 0.6) is 0 Å². The zero-order valence-electron chi connectivity index (χ0n) is 29.0. The molecule has 0 radical (unpaired) electrons. The van der Waals surface area contributed by atoms with Gasteiger partial charge in [0.1, 0.15) is 6.61 Å². The molecule has 0 bridgehead atoms. The van der Waals surface area contributed by atoms with E-state index in [1.807, 2.05) is 19.1 Å². The van der Waals surface area contributed by atoms with E-state index in [9.17, 15) is 19.3 Å². The molecule has 3 N–H and O–H groups in total. The van der Waals surface area contributed by atoms with Crippen LogP contribution in [-0.2, 0) is 28.2 Å². The van der Waals surface area contributed by atoms with Crippen molar-refractivity contribution in [3.05, 3.63) is 60.8 Å². The number of aliphatic hydroxyl groups is 1. The van der Waals surface area contributed by atoms with Crippen LogP contribution in [-0.4, -0.2) is 52.3 Å². The van der Waals surface area contributed by atoms with Crippen molar-refractivity contribution in [1.29, 1.82) is 0 Å². The fourth-order valence-electron chi connectivity index (χ4n) is 4.32. The van der Waals surface area contributed by atoms with E-state index < -0.39 is 32.5 Å². The Labute approximate surface area is 284 Å². The molecule has 0 aromatic carbocycles. The molecule has 0 fully saturated rings. The molecular formula is C37H63O9P. The molecule has 0 saturated carbocycles. The Kier molecular flexibility index (Phi) is 30.7. The normalized spacial score (nSPS) is 13.9. The van der Waals surface area contributed by atoms with Crippen LogP contribution in [0.15, 0.2) is 60.8 Å². The second kappa shape index (κ2) is 32.3. The summed E-state index contributed by atoms with van der Waals surface area (Å²) >= 11 is 0. The van der Waals surface area contributed by atoms with E-state index in [1.165, 1.54) is 12.8 Å².